The van der Waals surface area contributed by atoms with Crippen LogP contribution in [-0.4, -0.2) is 28.4 Å². The van der Waals surface area contributed by atoms with E-state index in [1.165, 1.54) is 18.0 Å². The van der Waals surface area contributed by atoms with Crippen LogP contribution in [0, 0.1) is 0 Å². The highest BCUT2D eigenvalue weighted by Gasteiger charge is 2.22. The van der Waals surface area contributed by atoms with Crippen LogP contribution < -0.4 is 5.19 Å². The number of rotatable bonds is 2. The molecular formula is C11H15BOSi. The van der Waals surface area contributed by atoms with Crippen molar-refractivity contribution in [1.82, 2.24) is 0 Å². The molecule has 0 saturated carbocycles. The minimum atomic E-state index is -1.36. The lowest BCUT2D eigenvalue weighted by molar-refractivity contribution is 0.0650. The van der Waals surface area contributed by atoms with Gasteiger partial charge in [0.05, 0.1) is 16.1 Å². The van der Waals surface area contributed by atoms with Gasteiger partial charge in [-0.05, 0) is 19.3 Å². The Balaban J connectivity index is 2.03. The third-order valence-electron chi connectivity index (χ3n) is 2.80. The molecule has 1 aliphatic rings. The highest BCUT2D eigenvalue weighted by Crippen LogP contribution is 2.13. The highest BCUT2D eigenvalue weighted by molar-refractivity contribution is 7.11. The Morgan fingerprint density at radius 1 is 1.21 bits per heavy atom. The Kier molecular flexibility index (Phi) is 3.43. The lowest BCUT2D eigenvalue weighted by Gasteiger charge is -2.27. The predicted molar refractivity (Wildman–Crippen MR) is 62.6 cm³/mol. The monoisotopic (exact) mass is 202 g/mol. The van der Waals surface area contributed by atoms with Gasteiger partial charge >= 0.3 is 0 Å². The maximum atomic E-state index is 6.28. The van der Waals surface area contributed by atoms with Crippen molar-refractivity contribution in [1.29, 1.82) is 0 Å². The van der Waals surface area contributed by atoms with Crippen molar-refractivity contribution < 1.29 is 4.74 Å². The number of hydrogen-bond donors (Lipinski definition) is 0. The quantitative estimate of drug-likeness (QED) is 0.647. The first-order valence-electron chi connectivity index (χ1n) is 5.30. The molecule has 1 aromatic rings. The SMILES string of the molecule is [B][SiH](c1ccccc1)C1CCCCO1. The van der Waals surface area contributed by atoms with Gasteiger partial charge in [0, 0.05) is 12.3 Å². The summed E-state index contributed by atoms with van der Waals surface area (Å²) in [5.41, 5.74) is 0.353. The first kappa shape index (κ1) is 10.00. The van der Waals surface area contributed by atoms with Gasteiger partial charge < -0.3 is 4.74 Å². The molecule has 0 aliphatic carbocycles. The summed E-state index contributed by atoms with van der Waals surface area (Å²) in [6.07, 6.45) is 3.63. The van der Waals surface area contributed by atoms with Crippen LogP contribution in [0.25, 0.3) is 0 Å². The van der Waals surface area contributed by atoms with Gasteiger partial charge in [-0.3, -0.25) is 0 Å². The Hall–Kier alpha value is -0.538. The summed E-state index contributed by atoms with van der Waals surface area (Å²) >= 11 is 0. The third-order valence-corrected chi connectivity index (χ3v) is 5.28. The lowest BCUT2D eigenvalue weighted by atomic mass is 10.2. The van der Waals surface area contributed by atoms with Crippen molar-refractivity contribution in [2.24, 2.45) is 0 Å². The highest BCUT2D eigenvalue weighted by atomic mass is 28.3. The molecule has 2 atom stereocenters. The fraction of sp³-hybridized carbons (Fsp3) is 0.455. The summed E-state index contributed by atoms with van der Waals surface area (Å²) in [7, 11) is 4.92. The van der Waals surface area contributed by atoms with Crippen molar-refractivity contribution in [2.45, 2.75) is 25.0 Å². The van der Waals surface area contributed by atoms with Gasteiger partial charge in [-0.15, -0.1) is 0 Å². The van der Waals surface area contributed by atoms with Crippen molar-refractivity contribution in [2.75, 3.05) is 6.61 Å². The molecule has 1 aliphatic heterocycles. The average Bonchev–Trinajstić information content (AvgIpc) is 2.30. The maximum absolute atomic E-state index is 6.28. The molecule has 0 N–H and O–H groups in total. The summed E-state index contributed by atoms with van der Waals surface area (Å²) in [6.45, 7) is 0.901. The van der Waals surface area contributed by atoms with Crippen molar-refractivity contribution in [3.05, 3.63) is 30.3 Å². The zero-order valence-electron chi connectivity index (χ0n) is 8.36. The molecule has 1 nitrogen and oxygen atoms in total. The van der Waals surface area contributed by atoms with E-state index in [2.05, 4.69) is 24.3 Å². The molecule has 3 heteroatoms. The van der Waals surface area contributed by atoms with Crippen molar-refractivity contribution in [3.63, 3.8) is 0 Å². The molecule has 2 rings (SSSR count). The van der Waals surface area contributed by atoms with E-state index in [4.69, 9.17) is 12.2 Å². The molecule has 72 valence electrons. The molecule has 1 fully saturated rings. The fourth-order valence-electron chi connectivity index (χ4n) is 1.94. The van der Waals surface area contributed by atoms with Gasteiger partial charge in [-0.25, -0.2) is 0 Å². The van der Waals surface area contributed by atoms with Crippen LogP contribution in [0.2, 0.25) is 0 Å². The number of benzene rings is 1. The molecule has 1 saturated heterocycles. The van der Waals surface area contributed by atoms with E-state index in [9.17, 15) is 0 Å². The second kappa shape index (κ2) is 4.80. The first-order chi connectivity index (χ1) is 6.88. The van der Waals surface area contributed by atoms with Crippen LogP contribution in [0.3, 0.4) is 0 Å². The second-order valence-corrected chi connectivity index (χ2v) is 6.30. The Labute approximate surface area is 88.4 Å². The molecule has 14 heavy (non-hydrogen) atoms. The topological polar surface area (TPSA) is 9.23 Å². The largest absolute Gasteiger partial charge is 0.382 e. The second-order valence-electron chi connectivity index (χ2n) is 3.84. The zero-order chi connectivity index (χ0) is 9.80. The number of hydrogen-bond acceptors (Lipinski definition) is 1. The third kappa shape index (κ3) is 2.28. The van der Waals surface area contributed by atoms with Gasteiger partial charge in [-0.1, -0.05) is 35.5 Å². The van der Waals surface area contributed by atoms with Gasteiger partial charge in [-0.2, -0.15) is 0 Å². The molecule has 0 amide bonds. The predicted octanol–water partition coefficient (Wildman–Crippen LogP) is 0.894. The van der Waals surface area contributed by atoms with Crippen LogP contribution in [0.15, 0.2) is 30.3 Å². The van der Waals surface area contributed by atoms with E-state index in [1.807, 2.05) is 6.07 Å². The van der Waals surface area contributed by atoms with Crippen LogP contribution in [0.5, 0.6) is 0 Å². The molecule has 0 spiro atoms. The van der Waals surface area contributed by atoms with Crippen LogP contribution in [-0.2, 0) is 4.74 Å². The van der Waals surface area contributed by atoms with E-state index >= 15 is 0 Å². The van der Waals surface area contributed by atoms with Crippen LogP contribution in [0.1, 0.15) is 19.3 Å². The van der Waals surface area contributed by atoms with E-state index in [1.54, 1.807) is 0 Å². The van der Waals surface area contributed by atoms with Gasteiger partial charge in [0.15, 0.2) is 0 Å². The molecule has 2 unspecified atom stereocenters. The summed E-state index contributed by atoms with van der Waals surface area (Å²) < 4.78 is 5.73. The Bertz CT molecular complexity index is 272. The normalized spacial score (nSPS) is 24.4. The minimum absolute atomic E-state index is 0.353. The standard InChI is InChI=1S/C11H15BOSi/c12-14(10-6-2-1-3-7-10)11-8-4-5-9-13-11/h1-3,6-7,11,14H,4-5,8-9H2. The van der Waals surface area contributed by atoms with Crippen LogP contribution >= 0.6 is 0 Å². The Morgan fingerprint density at radius 3 is 2.64 bits per heavy atom. The van der Waals surface area contributed by atoms with Crippen LogP contribution in [0.4, 0.5) is 0 Å². The molecule has 1 heterocycles. The Morgan fingerprint density at radius 2 is 2.00 bits per heavy atom. The van der Waals surface area contributed by atoms with E-state index in [-0.39, 0.29) is 0 Å². The summed E-state index contributed by atoms with van der Waals surface area (Å²) in [5, 5.41) is 1.32. The maximum Gasteiger partial charge on any atom is 0.0623 e. The summed E-state index contributed by atoms with van der Waals surface area (Å²) in [6, 6.07) is 10.4. The first-order valence-corrected chi connectivity index (χ1v) is 7.21. The minimum Gasteiger partial charge on any atom is -0.382 e. The van der Waals surface area contributed by atoms with E-state index in [0.29, 0.717) is 5.73 Å². The van der Waals surface area contributed by atoms with Crippen molar-refractivity contribution in [3.8, 4) is 0 Å². The van der Waals surface area contributed by atoms with E-state index < -0.39 is 8.67 Å². The molecule has 1 aromatic carbocycles. The smallest absolute Gasteiger partial charge is 0.0623 e. The van der Waals surface area contributed by atoms with E-state index in [0.717, 1.165) is 13.0 Å². The zero-order valence-corrected chi connectivity index (χ0v) is 9.51. The number of ether oxygens (including phenoxy) is 1. The van der Waals surface area contributed by atoms with Gasteiger partial charge in [0.1, 0.15) is 0 Å². The average molecular weight is 202 g/mol. The molecule has 0 aromatic heterocycles. The summed E-state index contributed by atoms with van der Waals surface area (Å²) in [5.74, 6) is 0. The van der Waals surface area contributed by atoms with Gasteiger partial charge in [0.25, 0.3) is 0 Å². The molecular weight excluding hydrogens is 187 g/mol. The van der Waals surface area contributed by atoms with Gasteiger partial charge in [0.2, 0.25) is 0 Å². The molecule has 2 radical (unpaired) electrons. The fourth-order valence-corrected chi connectivity index (χ4v) is 3.97. The lowest BCUT2D eigenvalue weighted by Crippen LogP contribution is -2.46. The van der Waals surface area contributed by atoms with Crippen molar-refractivity contribution >= 4 is 21.3 Å². The molecule has 0 bridgehead atoms. The summed E-state index contributed by atoms with van der Waals surface area (Å²) in [4.78, 5) is 0.